The number of rotatable bonds is 3. The maximum Gasteiger partial charge on any atom is 0.138 e. The molecule has 0 heterocycles. The normalized spacial score (nSPS) is 14.1. The van der Waals surface area contributed by atoms with Gasteiger partial charge in [-0.3, -0.25) is 4.21 Å². The van der Waals surface area contributed by atoms with E-state index in [4.69, 9.17) is 11.6 Å². The van der Waals surface area contributed by atoms with Crippen molar-refractivity contribution in [2.24, 2.45) is 0 Å². The first-order valence-electron chi connectivity index (χ1n) is 6.17. The Morgan fingerprint density at radius 2 is 1.53 bits per heavy atom. The Kier molecular flexibility index (Phi) is 4.43. The van der Waals surface area contributed by atoms with E-state index in [-0.39, 0.29) is 0 Å². The van der Waals surface area contributed by atoms with Gasteiger partial charge in [-0.25, -0.2) is 0 Å². The molecule has 0 N–H and O–H groups in total. The van der Waals surface area contributed by atoms with E-state index >= 15 is 0 Å². The largest absolute Gasteiger partial charge is 0.252 e. The van der Waals surface area contributed by atoms with Crippen LogP contribution < -0.4 is 0 Å². The summed E-state index contributed by atoms with van der Waals surface area (Å²) in [6.07, 6.45) is 0. The molecule has 0 bridgehead atoms. The molecule has 2 rings (SSSR count). The van der Waals surface area contributed by atoms with Crippen LogP contribution in [0.15, 0.2) is 47.4 Å². The maximum absolute atomic E-state index is 12.5. The molecule has 0 amide bonds. The van der Waals surface area contributed by atoms with Crippen LogP contribution >= 0.6 is 11.6 Å². The summed E-state index contributed by atoms with van der Waals surface area (Å²) in [5.74, 6) is 0. The summed E-state index contributed by atoms with van der Waals surface area (Å²) in [6, 6.07) is 13.7. The van der Waals surface area contributed by atoms with Gasteiger partial charge < -0.3 is 0 Å². The van der Waals surface area contributed by atoms with Crippen LogP contribution in [0.25, 0.3) is 0 Å². The Labute approximate surface area is 122 Å². The fourth-order valence-electron chi connectivity index (χ4n) is 1.99. The Balaban J connectivity index is 2.30. The van der Waals surface area contributed by atoms with Crippen molar-refractivity contribution >= 4 is 22.4 Å². The van der Waals surface area contributed by atoms with E-state index in [9.17, 15) is 4.21 Å². The first-order valence-corrected chi connectivity index (χ1v) is 7.82. The van der Waals surface area contributed by atoms with Crippen LogP contribution in [0.3, 0.4) is 0 Å². The minimum atomic E-state index is -1.24. The third-order valence-electron chi connectivity index (χ3n) is 3.11. The molecule has 0 saturated carbocycles. The second kappa shape index (κ2) is 5.89. The molecule has 3 heteroatoms. The Morgan fingerprint density at radius 1 is 0.947 bits per heavy atom. The summed E-state index contributed by atoms with van der Waals surface area (Å²) >= 11 is 6.39. The Hall–Kier alpha value is -1.12. The van der Waals surface area contributed by atoms with Gasteiger partial charge in [0.05, 0.1) is 10.8 Å². The van der Waals surface area contributed by atoms with Crippen molar-refractivity contribution in [3.05, 3.63) is 64.7 Å². The minimum absolute atomic E-state index is 0.511. The summed E-state index contributed by atoms with van der Waals surface area (Å²) in [7, 11) is -1.24. The second-order valence-corrected chi connectivity index (χ2v) is 7.02. The fraction of sp³-hybridized carbons (Fsp3) is 0.250. The zero-order chi connectivity index (χ0) is 14.0. The molecule has 0 aliphatic rings. The number of halogens is 1. The zero-order valence-corrected chi connectivity index (χ0v) is 12.9. The molecule has 19 heavy (non-hydrogen) atoms. The monoisotopic (exact) mass is 292 g/mol. The highest BCUT2D eigenvalue weighted by Crippen LogP contribution is 2.31. The number of hydrogen-bond acceptors (Lipinski definition) is 1. The highest BCUT2D eigenvalue weighted by atomic mass is 35.5. The van der Waals surface area contributed by atoms with Gasteiger partial charge in [0.15, 0.2) is 0 Å². The minimum Gasteiger partial charge on any atom is -0.252 e. The molecular formula is C16H17ClOS. The van der Waals surface area contributed by atoms with Gasteiger partial charge >= 0.3 is 0 Å². The molecule has 2 aromatic rings. The van der Waals surface area contributed by atoms with Gasteiger partial charge in [-0.1, -0.05) is 41.5 Å². The van der Waals surface area contributed by atoms with Crippen LogP contribution in [0.4, 0.5) is 0 Å². The van der Waals surface area contributed by atoms with Gasteiger partial charge in [0, 0.05) is 4.90 Å². The van der Waals surface area contributed by atoms with Crippen LogP contribution in [0.1, 0.15) is 27.0 Å². The van der Waals surface area contributed by atoms with E-state index in [1.165, 1.54) is 5.56 Å². The van der Waals surface area contributed by atoms with E-state index < -0.39 is 15.5 Å². The maximum atomic E-state index is 12.5. The lowest BCUT2D eigenvalue weighted by Crippen LogP contribution is -2.03. The molecule has 2 atom stereocenters. The summed E-state index contributed by atoms with van der Waals surface area (Å²) in [5, 5.41) is 0. The quantitative estimate of drug-likeness (QED) is 0.752. The Morgan fingerprint density at radius 3 is 2.11 bits per heavy atom. The molecule has 0 saturated heterocycles. The van der Waals surface area contributed by atoms with Gasteiger partial charge in [-0.2, -0.15) is 0 Å². The second-order valence-electron chi connectivity index (χ2n) is 4.79. The zero-order valence-electron chi connectivity index (χ0n) is 11.3. The van der Waals surface area contributed by atoms with Crippen molar-refractivity contribution in [3.8, 4) is 0 Å². The average Bonchev–Trinajstić information content (AvgIpc) is 2.38. The van der Waals surface area contributed by atoms with Gasteiger partial charge in [0.2, 0.25) is 0 Å². The molecule has 0 aromatic heterocycles. The molecular weight excluding hydrogens is 276 g/mol. The molecule has 0 fully saturated rings. The standard InChI is InChI=1S/C16H17ClOS/c1-11-4-7-14(8-5-11)19(18)16(17)15-9-6-12(2)10-13(15)3/h4-10,16H,1-3H3. The van der Waals surface area contributed by atoms with E-state index in [1.54, 1.807) is 0 Å². The summed E-state index contributed by atoms with van der Waals surface area (Å²) in [5.41, 5.74) is 4.36. The lowest BCUT2D eigenvalue weighted by molar-refractivity contribution is 0.681. The number of benzene rings is 2. The van der Waals surface area contributed by atoms with Crippen molar-refractivity contribution in [2.45, 2.75) is 30.4 Å². The molecule has 100 valence electrons. The predicted octanol–water partition coefficient (Wildman–Crippen LogP) is 4.66. The smallest absolute Gasteiger partial charge is 0.138 e. The van der Waals surface area contributed by atoms with Crippen molar-refractivity contribution in [1.29, 1.82) is 0 Å². The highest BCUT2D eigenvalue weighted by Gasteiger charge is 2.19. The fourth-order valence-corrected chi connectivity index (χ4v) is 3.68. The molecule has 0 aliphatic heterocycles. The van der Waals surface area contributed by atoms with Crippen LogP contribution in [0, 0.1) is 20.8 Å². The third-order valence-corrected chi connectivity index (χ3v) is 5.20. The summed E-state index contributed by atoms with van der Waals surface area (Å²) in [4.78, 5) is 0.769. The van der Waals surface area contributed by atoms with Crippen LogP contribution in [-0.2, 0) is 10.8 Å². The molecule has 2 aromatic carbocycles. The van der Waals surface area contributed by atoms with Gasteiger partial charge in [-0.15, -0.1) is 11.6 Å². The van der Waals surface area contributed by atoms with Crippen LogP contribution in [0.5, 0.6) is 0 Å². The van der Waals surface area contributed by atoms with Gasteiger partial charge in [0.25, 0.3) is 0 Å². The lowest BCUT2D eigenvalue weighted by Gasteiger charge is -2.13. The first-order chi connectivity index (χ1) is 8.99. The van der Waals surface area contributed by atoms with Crippen molar-refractivity contribution in [1.82, 2.24) is 0 Å². The topological polar surface area (TPSA) is 17.1 Å². The van der Waals surface area contributed by atoms with E-state index in [1.807, 2.05) is 57.2 Å². The van der Waals surface area contributed by atoms with E-state index in [2.05, 4.69) is 6.07 Å². The predicted molar refractivity (Wildman–Crippen MR) is 82.1 cm³/mol. The van der Waals surface area contributed by atoms with Crippen molar-refractivity contribution in [3.63, 3.8) is 0 Å². The molecule has 0 spiro atoms. The first kappa shape index (κ1) is 14.3. The molecule has 0 aliphatic carbocycles. The third kappa shape index (κ3) is 3.26. The SMILES string of the molecule is Cc1ccc(S(=O)C(Cl)c2ccc(C)cc2C)cc1. The molecule has 0 radical (unpaired) electrons. The number of hydrogen-bond donors (Lipinski definition) is 0. The van der Waals surface area contributed by atoms with Crippen molar-refractivity contribution < 1.29 is 4.21 Å². The highest BCUT2D eigenvalue weighted by molar-refractivity contribution is 7.86. The molecule has 1 nitrogen and oxygen atoms in total. The van der Waals surface area contributed by atoms with E-state index in [0.717, 1.165) is 21.6 Å². The van der Waals surface area contributed by atoms with E-state index in [0.29, 0.717) is 0 Å². The van der Waals surface area contributed by atoms with Crippen molar-refractivity contribution in [2.75, 3.05) is 0 Å². The van der Waals surface area contributed by atoms with Gasteiger partial charge in [0.1, 0.15) is 4.71 Å². The number of alkyl halides is 1. The average molecular weight is 293 g/mol. The summed E-state index contributed by atoms with van der Waals surface area (Å²) < 4.78 is 12.0. The number of aryl methyl sites for hydroxylation is 3. The van der Waals surface area contributed by atoms with Crippen LogP contribution in [-0.4, -0.2) is 4.21 Å². The summed E-state index contributed by atoms with van der Waals surface area (Å²) in [6.45, 7) is 6.05. The van der Waals surface area contributed by atoms with Gasteiger partial charge in [-0.05, 0) is 44.0 Å². The molecule has 2 unspecified atom stereocenters. The Bertz CT molecular complexity index is 605. The van der Waals surface area contributed by atoms with Crippen LogP contribution in [0.2, 0.25) is 0 Å². The lowest BCUT2D eigenvalue weighted by atomic mass is 10.1.